The van der Waals surface area contributed by atoms with Crippen LogP contribution >= 0.6 is 11.6 Å². The molecule has 2 rings (SSSR count). The predicted octanol–water partition coefficient (Wildman–Crippen LogP) is 4.54. The Labute approximate surface area is 117 Å². The average Bonchev–Trinajstić information content (AvgIpc) is 2.42. The first kappa shape index (κ1) is 14.0. The number of benzene rings is 2. The number of halogens is 2. The Kier molecular flexibility index (Phi) is 4.94. The van der Waals surface area contributed by atoms with Gasteiger partial charge in [0, 0.05) is 10.6 Å². The first-order chi connectivity index (χ1) is 9.16. The van der Waals surface area contributed by atoms with E-state index in [1.807, 2.05) is 18.2 Å². The number of aryl methyl sites for hydroxylation is 1. The first-order valence-electron chi connectivity index (χ1n) is 6.34. The molecular formula is C16H16ClFO. The van der Waals surface area contributed by atoms with Gasteiger partial charge in [-0.3, -0.25) is 0 Å². The molecule has 0 saturated heterocycles. The van der Waals surface area contributed by atoms with Crippen molar-refractivity contribution in [3.8, 4) is 0 Å². The van der Waals surface area contributed by atoms with Gasteiger partial charge < -0.3 is 5.11 Å². The van der Waals surface area contributed by atoms with Crippen LogP contribution in [0.15, 0.2) is 48.5 Å². The van der Waals surface area contributed by atoms with Crippen LogP contribution in [0.3, 0.4) is 0 Å². The lowest BCUT2D eigenvalue weighted by molar-refractivity contribution is 0.164. The van der Waals surface area contributed by atoms with E-state index in [1.165, 1.54) is 23.8 Å². The predicted molar refractivity (Wildman–Crippen MR) is 75.7 cm³/mol. The molecule has 1 atom stereocenters. The Bertz CT molecular complexity index is 528. The highest BCUT2D eigenvalue weighted by atomic mass is 35.5. The summed E-state index contributed by atoms with van der Waals surface area (Å²) in [6.07, 6.45) is 1.58. The molecule has 0 radical (unpaired) electrons. The molecule has 0 aromatic heterocycles. The van der Waals surface area contributed by atoms with Crippen molar-refractivity contribution in [3.05, 3.63) is 70.5 Å². The van der Waals surface area contributed by atoms with Crippen LogP contribution in [0.2, 0.25) is 5.02 Å². The van der Waals surface area contributed by atoms with Crippen molar-refractivity contribution in [2.75, 3.05) is 0 Å². The van der Waals surface area contributed by atoms with Crippen molar-refractivity contribution in [1.29, 1.82) is 0 Å². The minimum Gasteiger partial charge on any atom is -0.388 e. The summed E-state index contributed by atoms with van der Waals surface area (Å²) in [6.45, 7) is 0. The van der Waals surface area contributed by atoms with Crippen LogP contribution in [0, 0.1) is 5.82 Å². The summed E-state index contributed by atoms with van der Waals surface area (Å²) in [4.78, 5) is 0. The second-order valence-electron chi connectivity index (χ2n) is 4.56. The second-order valence-corrected chi connectivity index (χ2v) is 4.97. The maximum atomic E-state index is 13.1. The maximum Gasteiger partial charge on any atom is 0.123 e. The largest absolute Gasteiger partial charge is 0.388 e. The van der Waals surface area contributed by atoms with Gasteiger partial charge in [0.2, 0.25) is 0 Å². The van der Waals surface area contributed by atoms with Gasteiger partial charge in [-0.1, -0.05) is 41.9 Å². The Morgan fingerprint density at radius 2 is 1.84 bits per heavy atom. The summed E-state index contributed by atoms with van der Waals surface area (Å²) in [5, 5.41) is 10.5. The molecule has 0 bridgehead atoms. The number of aliphatic hydroxyl groups excluding tert-OH is 1. The van der Waals surface area contributed by atoms with Crippen molar-refractivity contribution in [2.45, 2.75) is 25.4 Å². The quantitative estimate of drug-likeness (QED) is 0.851. The third-order valence-electron chi connectivity index (χ3n) is 3.10. The molecule has 0 heterocycles. The van der Waals surface area contributed by atoms with Crippen molar-refractivity contribution >= 4 is 11.6 Å². The Balaban J connectivity index is 1.91. The molecule has 1 unspecified atom stereocenters. The summed E-state index contributed by atoms with van der Waals surface area (Å²) < 4.78 is 13.1. The number of hydrogen-bond acceptors (Lipinski definition) is 1. The van der Waals surface area contributed by atoms with Crippen LogP contribution in [0.5, 0.6) is 0 Å². The molecule has 0 aliphatic rings. The zero-order valence-electron chi connectivity index (χ0n) is 10.5. The van der Waals surface area contributed by atoms with Gasteiger partial charge in [-0.2, -0.15) is 0 Å². The lowest BCUT2D eigenvalue weighted by Gasteiger charge is -2.12. The summed E-state index contributed by atoms with van der Waals surface area (Å²) in [5.41, 5.74) is 1.70. The van der Waals surface area contributed by atoms with E-state index in [2.05, 4.69) is 12.1 Å². The van der Waals surface area contributed by atoms with E-state index < -0.39 is 6.10 Å². The standard InChI is InChI=1S/C16H16ClFO/c17-15-10-9-13(18)11-14(15)16(19)8-4-7-12-5-2-1-3-6-12/h1-3,5-6,9-11,16,19H,4,7-8H2. The molecule has 0 fully saturated rings. The first-order valence-corrected chi connectivity index (χ1v) is 6.71. The monoisotopic (exact) mass is 278 g/mol. The van der Waals surface area contributed by atoms with Gasteiger partial charge in [0.25, 0.3) is 0 Å². The molecule has 2 aromatic carbocycles. The van der Waals surface area contributed by atoms with Crippen LogP contribution < -0.4 is 0 Å². The molecule has 0 amide bonds. The summed E-state index contributed by atoms with van der Waals surface area (Å²) in [7, 11) is 0. The van der Waals surface area contributed by atoms with Gasteiger partial charge in [0.05, 0.1) is 6.10 Å². The van der Waals surface area contributed by atoms with Gasteiger partial charge in [-0.05, 0) is 43.0 Å². The molecule has 19 heavy (non-hydrogen) atoms. The van der Waals surface area contributed by atoms with Crippen molar-refractivity contribution in [2.24, 2.45) is 0 Å². The summed E-state index contributed by atoms with van der Waals surface area (Å²) in [5.74, 6) is -0.374. The Morgan fingerprint density at radius 3 is 2.58 bits per heavy atom. The fraction of sp³-hybridized carbons (Fsp3) is 0.250. The summed E-state index contributed by atoms with van der Waals surface area (Å²) >= 11 is 5.96. The summed E-state index contributed by atoms with van der Waals surface area (Å²) in [6, 6.07) is 14.2. The van der Waals surface area contributed by atoms with E-state index in [9.17, 15) is 9.50 Å². The van der Waals surface area contributed by atoms with Gasteiger partial charge in [-0.15, -0.1) is 0 Å². The molecule has 0 spiro atoms. The van der Waals surface area contributed by atoms with Gasteiger partial charge in [0.1, 0.15) is 5.82 Å². The van der Waals surface area contributed by atoms with Crippen molar-refractivity contribution in [3.63, 3.8) is 0 Å². The second kappa shape index (κ2) is 6.69. The highest BCUT2D eigenvalue weighted by molar-refractivity contribution is 6.31. The Morgan fingerprint density at radius 1 is 1.11 bits per heavy atom. The third kappa shape index (κ3) is 4.05. The van der Waals surface area contributed by atoms with E-state index in [1.54, 1.807) is 0 Å². The SMILES string of the molecule is OC(CCCc1ccccc1)c1cc(F)ccc1Cl. The highest BCUT2D eigenvalue weighted by Crippen LogP contribution is 2.27. The zero-order valence-corrected chi connectivity index (χ0v) is 11.3. The van der Waals surface area contributed by atoms with Gasteiger partial charge >= 0.3 is 0 Å². The van der Waals surface area contributed by atoms with Crippen LogP contribution in [0.4, 0.5) is 4.39 Å². The fourth-order valence-electron chi connectivity index (χ4n) is 2.07. The van der Waals surface area contributed by atoms with Crippen molar-refractivity contribution < 1.29 is 9.50 Å². The molecule has 1 N–H and O–H groups in total. The molecule has 0 aliphatic carbocycles. The number of rotatable bonds is 5. The molecule has 0 saturated carbocycles. The van der Waals surface area contributed by atoms with Crippen LogP contribution in [0.25, 0.3) is 0 Å². The van der Waals surface area contributed by atoms with Crippen molar-refractivity contribution in [1.82, 2.24) is 0 Å². The average molecular weight is 279 g/mol. The molecule has 0 aliphatic heterocycles. The zero-order chi connectivity index (χ0) is 13.7. The van der Waals surface area contributed by atoms with Gasteiger partial charge in [0.15, 0.2) is 0 Å². The van der Waals surface area contributed by atoms with Crippen LogP contribution in [-0.4, -0.2) is 5.11 Å². The van der Waals surface area contributed by atoms with E-state index >= 15 is 0 Å². The topological polar surface area (TPSA) is 20.2 Å². The van der Waals surface area contributed by atoms with Crippen LogP contribution in [-0.2, 0) is 6.42 Å². The molecule has 2 aromatic rings. The van der Waals surface area contributed by atoms with E-state index in [-0.39, 0.29) is 5.82 Å². The van der Waals surface area contributed by atoms with E-state index in [0.29, 0.717) is 17.0 Å². The normalized spacial score (nSPS) is 12.4. The maximum absolute atomic E-state index is 13.1. The minimum atomic E-state index is -0.716. The number of aliphatic hydroxyl groups is 1. The highest BCUT2D eigenvalue weighted by Gasteiger charge is 2.12. The lowest BCUT2D eigenvalue weighted by Crippen LogP contribution is -2.00. The lowest BCUT2D eigenvalue weighted by atomic mass is 10.0. The van der Waals surface area contributed by atoms with Crippen LogP contribution in [0.1, 0.15) is 30.1 Å². The van der Waals surface area contributed by atoms with Gasteiger partial charge in [-0.25, -0.2) is 4.39 Å². The number of hydrogen-bond donors (Lipinski definition) is 1. The molecule has 1 nitrogen and oxygen atoms in total. The molecule has 3 heteroatoms. The molecule has 100 valence electrons. The molecular weight excluding hydrogens is 263 g/mol. The smallest absolute Gasteiger partial charge is 0.123 e. The fourth-order valence-corrected chi connectivity index (χ4v) is 2.31. The van der Waals surface area contributed by atoms with E-state index in [0.717, 1.165) is 12.8 Å². The minimum absolute atomic E-state index is 0.374. The third-order valence-corrected chi connectivity index (χ3v) is 3.45. The Hall–Kier alpha value is -1.38. The van der Waals surface area contributed by atoms with E-state index in [4.69, 9.17) is 11.6 Å².